The maximum absolute atomic E-state index is 12.5. The molecule has 0 saturated carbocycles. The number of fused-ring (bicyclic) bond motifs is 1. The SMILES string of the molecule is COc1ccc(CC(=O)Nc2ccc3oc(-c4ccccc4C)nc3c2)cc1OC. The molecule has 4 aromatic rings. The lowest BCUT2D eigenvalue weighted by Crippen LogP contribution is -2.14. The van der Waals surface area contributed by atoms with E-state index < -0.39 is 0 Å². The second-order valence-electron chi connectivity index (χ2n) is 6.93. The number of rotatable bonds is 6. The Hall–Kier alpha value is -3.80. The van der Waals surface area contributed by atoms with Crippen LogP contribution in [0.15, 0.2) is 65.1 Å². The van der Waals surface area contributed by atoms with Gasteiger partial charge < -0.3 is 19.2 Å². The van der Waals surface area contributed by atoms with Gasteiger partial charge in [-0.25, -0.2) is 4.98 Å². The Morgan fingerprint density at radius 2 is 1.80 bits per heavy atom. The lowest BCUT2D eigenvalue weighted by molar-refractivity contribution is -0.115. The molecule has 1 N–H and O–H groups in total. The number of amides is 1. The van der Waals surface area contributed by atoms with Crippen LogP contribution in [0.25, 0.3) is 22.6 Å². The lowest BCUT2D eigenvalue weighted by atomic mass is 10.1. The summed E-state index contributed by atoms with van der Waals surface area (Å²) < 4.78 is 16.4. The number of oxazole rings is 1. The van der Waals surface area contributed by atoms with E-state index in [1.54, 1.807) is 26.4 Å². The first-order chi connectivity index (χ1) is 14.6. The summed E-state index contributed by atoms with van der Waals surface area (Å²) >= 11 is 0. The molecular weight excluding hydrogens is 380 g/mol. The number of nitrogens with zero attached hydrogens (tertiary/aromatic N) is 1. The molecule has 0 aliphatic heterocycles. The molecule has 0 radical (unpaired) electrons. The van der Waals surface area contributed by atoms with Crippen LogP contribution in [0.5, 0.6) is 11.5 Å². The van der Waals surface area contributed by atoms with Gasteiger partial charge in [0.25, 0.3) is 0 Å². The van der Waals surface area contributed by atoms with Crippen molar-refractivity contribution in [1.82, 2.24) is 4.98 Å². The van der Waals surface area contributed by atoms with Gasteiger partial charge in [-0.2, -0.15) is 0 Å². The molecule has 1 heterocycles. The predicted molar refractivity (Wildman–Crippen MR) is 116 cm³/mol. The number of ether oxygens (including phenoxy) is 2. The van der Waals surface area contributed by atoms with Crippen molar-refractivity contribution in [1.29, 1.82) is 0 Å². The first-order valence-electron chi connectivity index (χ1n) is 9.54. The van der Waals surface area contributed by atoms with Crippen molar-refractivity contribution in [3.8, 4) is 23.0 Å². The highest BCUT2D eigenvalue weighted by molar-refractivity contribution is 5.94. The average molecular weight is 402 g/mol. The fourth-order valence-corrected chi connectivity index (χ4v) is 3.31. The molecule has 0 aliphatic carbocycles. The maximum atomic E-state index is 12.5. The first-order valence-corrected chi connectivity index (χ1v) is 9.54. The molecule has 152 valence electrons. The average Bonchev–Trinajstić information content (AvgIpc) is 3.17. The van der Waals surface area contributed by atoms with E-state index in [2.05, 4.69) is 10.3 Å². The number of aryl methyl sites for hydroxylation is 1. The largest absolute Gasteiger partial charge is 0.493 e. The fraction of sp³-hybridized carbons (Fsp3) is 0.167. The molecule has 0 bridgehead atoms. The number of benzene rings is 3. The standard InChI is InChI=1S/C24H22N2O4/c1-15-6-4-5-7-18(15)24-26-19-14-17(9-11-20(19)30-24)25-23(27)13-16-8-10-21(28-2)22(12-16)29-3/h4-12,14H,13H2,1-3H3,(H,25,27). The van der Waals surface area contributed by atoms with E-state index in [-0.39, 0.29) is 12.3 Å². The van der Waals surface area contributed by atoms with Crippen molar-refractivity contribution in [2.24, 2.45) is 0 Å². The number of carbonyl (C=O) groups excluding carboxylic acids is 1. The number of anilines is 1. The summed E-state index contributed by atoms with van der Waals surface area (Å²) in [5.74, 6) is 1.65. The van der Waals surface area contributed by atoms with Crippen molar-refractivity contribution in [3.63, 3.8) is 0 Å². The smallest absolute Gasteiger partial charge is 0.228 e. The number of nitrogens with one attached hydrogen (secondary N) is 1. The summed E-state index contributed by atoms with van der Waals surface area (Å²) in [6.45, 7) is 2.02. The second kappa shape index (κ2) is 8.29. The van der Waals surface area contributed by atoms with Gasteiger partial charge in [0, 0.05) is 11.3 Å². The Kier molecular flexibility index (Phi) is 5.39. The van der Waals surface area contributed by atoms with Crippen LogP contribution in [0, 0.1) is 6.92 Å². The highest BCUT2D eigenvalue weighted by Crippen LogP contribution is 2.29. The van der Waals surface area contributed by atoms with Crippen LogP contribution < -0.4 is 14.8 Å². The number of hydrogen-bond donors (Lipinski definition) is 1. The number of aromatic nitrogens is 1. The lowest BCUT2D eigenvalue weighted by Gasteiger charge is -2.10. The van der Waals surface area contributed by atoms with E-state index in [1.807, 2.05) is 55.5 Å². The monoisotopic (exact) mass is 402 g/mol. The van der Waals surface area contributed by atoms with E-state index in [4.69, 9.17) is 13.9 Å². The number of hydrogen-bond acceptors (Lipinski definition) is 5. The molecule has 0 atom stereocenters. The zero-order valence-corrected chi connectivity index (χ0v) is 17.1. The van der Waals surface area contributed by atoms with Gasteiger partial charge in [0.1, 0.15) is 5.52 Å². The van der Waals surface area contributed by atoms with E-state index in [1.165, 1.54) is 0 Å². The van der Waals surface area contributed by atoms with Gasteiger partial charge in [-0.1, -0.05) is 24.3 Å². The third kappa shape index (κ3) is 3.98. The third-order valence-electron chi connectivity index (χ3n) is 4.86. The van der Waals surface area contributed by atoms with Crippen LogP contribution in [-0.4, -0.2) is 25.1 Å². The molecular formula is C24H22N2O4. The minimum Gasteiger partial charge on any atom is -0.493 e. The first kappa shape index (κ1) is 19.5. The Bertz CT molecular complexity index is 1210. The summed E-state index contributed by atoms with van der Waals surface area (Å²) in [4.78, 5) is 17.1. The van der Waals surface area contributed by atoms with Crippen LogP contribution in [0.1, 0.15) is 11.1 Å². The molecule has 0 unspecified atom stereocenters. The molecule has 0 saturated heterocycles. The summed E-state index contributed by atoms with van der Waals surface area (Å²) in [6.07, 6.45) is 0.214. The molecule has 0 spiro atoms. The Morgan fingerprint density at radius 3 is 2.57 bits per heavy atom. The zero-order chi connectivity index (χ0) is 21.1. The predicted octanol–water partition coefficient (Wildman–Crippen LogP) is 5.00. The molecule has 0 fully saturated rings. The third-order valence-corrected chi connectivity index (χ3v) is 4.86. The topological polar surface area (TPSA) is 73.6 Å². The van der Waals surface area contributed by atoms with E-state index in [9.17, 15) is 4.79 Å². The number of carbonyl (C=O) groups is 1. The van der Waals surface area contributed by atoms with Gasteiger partial charge in [0.2, 0.25) is 11.8 Å². The van der Waals surface area contributed by atoms with E-state index in [0.717, 1.165) is 16.7 Å². The molecule has 3 aromatic carbocycles. The van der Waals surface area contributed by atoms with Crippen LogP contribution in [0.3, 0.4) is 0 Å². The van der Waals surface area contributed by atoms with Crippen LogP contribution in [0.2, 0.25) is 0 Å². The van der Waals surface area contributed by atoms with Gasteiger partial charge in [-0.05, 0) is 54.4 Å². The molecule has 1 amide bonds. The second-order valence-corrected chi connectivity index (χ2v) is 6.93. The Labute approximate surface area is 174 Å². The fourth-order valence-electron chi connectivity index (χ4n) is 3.31. The Morgan fingerprint density at radius 1 is 1.00 bits per heavy atom. The molecule has 30 heavy (non-hydrogen) atoms. The van der Waals surface area contributed by atoms with Crippen molar-refractivity contribution >= 4 is 22.7 Å². The summed E-state index contributed by atoms with van der Waals surface area (Å²) in [7, 11) is 3.15. The van der Waals surface area contributed by atoms with E-state index in [0.29, 0.717) is 34.2 Å². The molecule has 6 heteroatoms. The van der Waals surface area contributed by atoms with Crippen molar-refractivity contribution < 1.29 is 18.7 Å². The number of methoxy groups -OCH3 is 2. The zero-order valence-electron chi connectivity index (χ0n) is 17.1. The van der Waals surface area contributed by atoms with Crippen LogP contribution >= 0.6 is 0 Å². The normalized spacial score (nSPS) is 10.8. The van der Waals surface area contributed by atoms with E-state index >= 15 is 0 Å². The quantitative estimate of drug-likeness (QED) is 0.491. The van der Waals surface area contributed by atoms with Gasteiger partial charge >= 0.3 is 0 Å². The van der Waals surface area contributed by atoms with Gasteiger partial charge in [0.05, 0.1) is 20.6 Å². The highest BCUT2D eigenvalue weighted by atomic mass is 16.5. The van der Waals surface area contributed by atoms with Gasteiger partial charge in [-0.15, -0.1) is 0 Å². The molecule has 6 nitrogen and oxygen atoms in total. The summed E-state index contributed by atoms with van der Waals surface area (Å²) in [5.41, 5.74) is 4.90. The summed E-state index contributed by atoms with van der Waals surface area (Å²) in [6, 6.07) is 18.8. The Balaban J connectivity index is 1.51. The minimum atomic E-state index is -0.135. The van der Waals surface area contributed by atoms with Crippen molar-refractivity contribution in [3.05, 3.63) is 71.8 Å². The van der Waals surface area contributed by atoms with Gasteiger partial charge in [-0.3, -0.25) is 4.79 Å². The van der Waals surface area contributed by atoms with Crippen LogP contribution in [0.4, 0.5) is 5.69 Å². The minimum absolute atomic E-state index is 0.135. The van der Waals surface area contributed by atoms with Crippen LogP contribution in [-0.2, 0) is 11.2 Å². The summed E-state index contributed by atoms with van der Waals surface area (Å²) in [5, 5.41) is 2.92. The highest BCUT2D eigenvalue weighted by Gasteiger charge is 2.12. The maximum Gasteiger partial charge on any atom is 0.228 e. The molecule has 0 aliphatic rings. The van der Waals surface area contributed by atoms with Crippen molar-refractivity contribution in [2.75, 3.05) is 19.5 Å². The van der Waals surface area contributed by atoms with Crippen molar-refractivity contribution in [2.45, 2.75) is 13.3 Å². The van der Waals surface area contributed by atoms with Gasteiger partial charge in [0.15, 0.2) is 17.1 Å². The molecule has 1 aromatic heterocycles. The molecule has 4 rings (SSSR count).